The first-order valence-corrected chi connectivity index (χ1v) is 10.5. The summed E-state index contributed by atoms with van der Waals surface area (Å²) in [4.78, 5) is 35.5. The number of hydrogen-bond donors (Lipinski definition) is 0. The molecule has 5 fully saturated rings. The van der Waals surface area contributed by atoms with E-state index in [1.165, 1.54) is 0 Å². The average Bonchev–Trinajstić information content (AvgIpc) is 2.90. The molecule has 1 aliphatic carbocycles. The standard InChI is InChI=1S/C21H30O8/c1-5-24-16(22)8-9-17(23)25-18-13(3)15-7-6-12(2)14-10-11-20(4)27-19(26-18)21(14,15)29-28-20/h8-9,12-15,18-19H,5-7,10-11H2,1-4H3/b9-8+/t12-,13-,14-,15+,18-,19-,20-,21-/m1/s1. The van der Waals surface area contributed by atoms with Gasteiger partial charge in [0.2, 0.25) is 12.1 Å². The van der Waals surface area contributed by atoms with Crippen LogP contribution in [0.4, 0.5) is 0 Å². The Morgan fingerprint density at radius 1 is 1.07 bits per heavy atom. The van der Waals surface area contributed by atoms with Crippen LogP contribution in [-0.4, -0.2) is 42.5 Å². The monoisotopic (exact) mass is 410 g/mol. The zero-order chi connectivity index (χ0) is 20.8. The molecule has 0 unspecified atom stereocenters. The third-order valence-electron chi connectivity index (χ3n) is 6.97. The second-order valence-corrected chi connectivity index (χ2v) is 8.80. The van der Waals surface area contributed by atoms with Crippen LogP contribution in [0.1, 0.15) is 53.4 Å². The molecule has 162 valence electrons. The van der Waals surface area contributed by atoms with E-state index in [0.717, 1.165) is 37.8 Å². The van der Waals surface area contributed by atoms with Gasteiger partial charge in [-0.15, -0.1) is 0 Å². The van der Waals surface area contributed by atoms with Crippen LogP contribution in [0.3, 0.4) is 0 Å². The Kier molecular flexibility index (Phi) is 5.48. The zero-order valence-corrected chi connectivity index (χ0v) is 17.4. The molecule has 8 heteroatoms. The van der Waals surface area contributed by atoms with E-state index in [0.29, 0.717) is 5.92 Å². The van der Waals surface area contributed by atoms with Crippen LogP contribution in [0.15, 0.2) is 12.2 Å². The van der Waals surface area contributed by atoms with E-state index < -0.39 is 35.9 Å². The van der Waals surface area contributed by atoms with Gasteiger partial charge < -0.3 is 18.9 Å². The summed E-state index contributed by atoms with van der Waals surface area (Å²) in [5, 5.41) is 0. The fourth-order valence-corrected chi connectivity index (χ4v) is 5.49. The Morgan fingerprint density at radius 2 is 1.83 bits per heavy atom. The number of carbonyl (C=O) groups excluding carboxylic acids is 2. The fraction of sp³-hybridized carbons (Fsp3) is 0.810. The maximum Gasteiger partial charge on any atom is 0.333 e. The summed E-state index contributed by atoms with van der Waals surface area (Å²) in [5.41, 5.74) is -0.698. The molecule has 0 N–H and O–H groups in total. The van der Waals surface area contributed by atoms with Crippen LogP contribution in [0.5, 0.6) is 0 Å². The first-order valence-electron chi connectivity index (χ1n) is 10.5. The SMILES string of the molecule is CCOC(=O)/C=C/C(=O)O[C@@H]1O[C@@H]2O[C@@]3(C)CC[C@@H]4[C@H](C)CC[C@@H]([C@H]1C)[C@@]24OO3. The van der Waals surface area contributed by atoms with Crippen molar-refractivity contribution in [3.63, 3.8) is 0 Å². The minimum Gasteiger partial charge on any atom is -0.463 e. The maximum absolute atomic E-state index is 12.2. The third kappa shape index (κ3) is 3.50. The van der Waals surface area contributed by atoms with Gasteiger partial charge in [0, 0.05) is 30.4 Å². The highest BCUT2D eigenvalue weighted by Crippen LogP contribution is 2.60. The molecular weight excluding hydrogens is 380 g/mol. The van der Waals surface area contributed by atoms with Crippen molar-refractivity contribution in [2.24, 2.45) is 23.7 Å². The van der Waals surface area contributed by atoms with E-state index in [1.54, 1.807) is 6.92 Å². The molecule has 4 heterocycles. The molecule has 4 aliphatic heterocycles. The van der Waals surface area contributed by atoms with Crippen LogP contribution in [0.25, 0.3) is 0 Å². The molecule has 0 aromatic rings. The van der Waals surface area contributed by atoms with E-state index in [-0.39, 0.29) is 24.4 Å². The van der Waals surface area contributed by atoms with Gasteiger partial charge in [-0.2, -0.15) is 0 Å². The Balaban J connectivity index is 1.55. The highest BCUT2D eigenvalue weighted by Gasteiger charge is 2.69. The zero-order valence-electron chi connectivity index (χ0n) is 17.4. The first-order chi connectivity index (χ1) is 13.8. The first kappa shape index (κ1) is 20.8. The van der Waals surface area contributed by atoms with Crippen molar-refractivity contribution < 1.29 is 38.3 Å². The van der Waals surface area contributed by atoms with Gasteiger partial charge in [0.15, 0.2) is 11.9 Å². The lowest BCUT2D eigenvalue weighted by Gasteiger charge is -2.59. The van der Waals surface area contributed by atoms with E-state index in [2.05, 4.69) is 6.92 Å². The molecule has 5 aliphatic rings. The fourth-order valence-electron chi connectivity index (χ4n) is 5.49. The molecule has 0 aromatic heterocycles. The summed E-state index contributed by atoms with van der Waals surface area (Å²) in [5.74, 6) is -1.46. The van der Waals surface area contributed by atoms with Crippen molar-refractivity contribution in [2.45, 2.75) is 77.3 Å². The number of fused-ring (bicyclic) bond motifs is 2. The van der Waals surface area contributed by atoms with Crippen LogP contribution in [-0.2, 0) is 38.3 Å². The smallest absolute Gasteiger partial charge is 0.333 e. The van der Waals surface area contributed by atoms with Crippen molar-refractivity contribution in [3.05, 3.63) is 12.2 Å². The predicted octanol–water partition coefficient (Wildman–Crippen LogP) is 2.86. The van der Waals surface area contributed by atoms with Crippen LogP contribution in [0.2, 0.25) is 0 Å². The minimum atomic E-state index is -0.878. The van der Waals surface area contributed by atoms with Crippen molar-refractivity contribution in [2.75, 3.05) is 6.61 Å². The molecule has 29 heavy (non-hydrogen) atoms. The molecule has 0 aromatic carbocycles. The summed E-state index contributed by atoms with van der Waals surface area (Å²) in [6.45, 7) is 8.03. The maximum atomic E-state index is 12.2. The lowest BCUT2D eigenvalue weighted by Crippen LogP contribution is -2.70. The molecule has 5 rings (SSSR count). The van der Waals surface area contributed by atoms with Crippen molar-refractivity contribution >= 4 is 11.9 Å². The van der Waals surface area contributed by atoms with Crippen LogP contribution in [0, 0.1) is 23.7 Å². The molecule has 4 saturated heterocycles. The lowest BCUT2D eigenvalue weighted by molar-refractivity contribution is -0.576. The molecule has 1 spiro atoms. The molecule has 1 saturated carbocycles. The van der Waals surface area contributed by atoms with Gasteiger partial charge in [0.05, 0.1) is 6.61 Å². The molecule has 0 radical (unpaired) electrons. The molecular formula is C21H30O8. The largest absolute Gasteiger partial charge is 0.463 e. The Hall–Kier alpha value is -1.48. The number of hydrogen-bond acceptors (Lipinski definition) is 8. The summed E-state index contributed by atoms with van der Waals surface area (Å²) in [6.07, 6.45) is 4.28. The molecule has 0 amide bonds. The van der Waals surface area contributed by atoms with E-state index in [1.807, 2.05) is 13.8 Å². The topological polar surface area (TPSA) is 89.5 Å². The van der Waals surface area contributed by atoms with Crippen molar-refractivity contribution in [1.29, 1.82) is 0 Å². The second kappa shape index (κ2) is 7.65. The Bertz CT molecular complexity index is 692. The quantitative estimate of drug-likeness (QED) is 0.397. The minimum absolute atomic E-state index is 0.0666. The normalized spacial score (nSPS) is 46.1. The van der Waals surface area contributed by atoms with E-state index in [9.17, 15) is 9.59 Å². The summed E-state index contributed by atoms with van der Waals surface area (Å²) in [6, 6.07) is 0. The summed E-state index contributed by atoms with van der Waals surface area (Å²) in [7, 11) is 0. The van der Waals surface area contributed by atoms with Gasteiger partial charge in [-0.3, -0.25) is 0 Å². The van der Waals surface area contributed by atoms with Gasteiger partial charge in [0.25, 0.3) is 0 Å². The number of esters is 2. The predicted molar refractivity (Wildman–Crippen MR) is 98.7 cm³/mol. The highest BCUT2D eigenvalue weighted by atomic mass is 17.3. The van der Waals surface area contributed by atoms with Gasteiger partial charge in [-0.05, 0) is 44.9 Å². The highest BCUT2D eigenvalue weighted by molar-refractivity contribution is 5.91. The van der Waals surface area contributed by atoms with Gasteiger partial charge in [-0.25, -0.2) is 19.4 Å². The van der Waals surface area contributed by atoms with Gasteiger partial charge >= 0.3 is 11.9 Å². The van der Waals surface area contributed by atoms with E-state index >= 15 is 0 Å². The van der Waals surface area contributed by atoms with Crippen molar-refractivity contribution in [1.82, 2.24) is 0 Å². The average molecular weight is 410 g/mol. The molecule has 8 nitrogen and oxygen atoms in total. The Labute approximate surface area is 170 Å². The van der Waals surface area contributed by atoms with Crippen LogP contribution >= 0.6 is 0 Å². The summed E-state index contributed by atoms with van der Waals surface area (Å²) >= 11 is 0. The van der Waals surface area contributed by atoms with Crippen LogP contribution < -0.4 is 0 Å². The number of rotatable bonds is 4. The lowest BCUT2D eigenvalue weighted by atomic mass is 9.58. The van der Waals surface area contributed by atoms with E-state index in [4.69, 9.17) is 28.7 Å². The Morgan fingerprint density at radius 3 is 2.59 bits per heavy atom. The number of ether oxygens (including phenoxy) is 4. The third-order valence-corrected chi connectivity index (χ3v) is 6.97. The number of carbonyl (C=O) groups is 2. The summed E-state index contributed by atoms with van der Waals surface area (Å²) < 4.78 is 22.7. The molecule has 8 atom stereocenters. The van der Waals surface area contributed by atoms with Gasteiger partial charge in [-0.1, -0.05) is 13.8 Å². The van der Waals surface area contributed by atoms with Crippen molar-refractivity contribution in [3.8, 4) is 0 Å². The molecule has 2 bridgehead atoms. The van der Waals surface area contributed by atoms with Gasteiger partial charge in [0.1, 0.15) is 0 Å². The second-order valence-electron chi connectivity index (χ2n) is 8.80.